The average molecular weight is 660 g/mol. The van der Waals surface area contributed by atoms with E-state index in [1.807, 2.05) is 74.5 Å². The molecule has 2 N–H and O–H groups in total. The number of halogens is 2. The smallest absolute Gasteiger partial charge is 0.224 e. The molecule has 0 saturated heterocycles. The van der Waals surface area contributed by atoms with E-state index in [1.165, 1.54) is 0 Å². The van der Waals surface area contributed by atoms with E-state index in [0.29, 0.717) is 25.1 Å². The molecular formula is C31H32BrClN2O5S. The van der Waals surface area contributed by atoms with Gasteiger partial charge in [-0.15, -0.1) is 0 Å². The van der Waals surface area contributed by atoms with Gasteiger partial charge < -0.3 is 15.0 Å². The highest BCUT2D eigenvalue weighted by molar-refractivity contribution is 9.10. The van der Waals surface area contributed by atoms with Crippen LogP contribution in [0.25, 0.3) is 10.9 Å². The minimum Gasteiger partial charge on any atom is -0.494 e. The van der Waals surface area contributed by atoms with Crippen molar-refractivity contribution in [2.24, 2.45) is 0 Å². The number of H-pyrrole nitrogens is 1. The van der Waals surface area contributed by atoms with Crippen molar-refractivity contribution < 1.29 is 22.7 Å². The van der Waals surface area contributed by atoms with Crippen molar-refractivity contribution in [1.82, 2.24) is 10.3 Å². The first-order chi connectivity index (χ1) is 19.5. The highest BCUT2D eigenvalue weighted by Gasteiger charge is 2.23. The Morgan fingerprint density at radius 2 is 1.71 bits per heavy atom. The lowest BCUT2D eigenvalue weighted by molar-refractivity contribution is -0.120. The van der Waals surface area contributed by atoms with Gasteiger partial charge in [0.05, 0.1) is 24.5 Å². The summed E-state index contributed by atoms with van der Waals surface area (Å²) in [5.74, 6) is -1.02. The van der Waals surface area contributed by atoms with Crippen LogP contribution < -0.4 is 10.1 Å². The van der Waals surface area contributed by atoms with E-state index in [0.717, 1.165) is 48.4 Å². The van der Waals surface area contributed by atoms with Gasteiger partial charge >= 0.3 is 0 Å². The average Bonchev–Trinajstić information content (AvgIpc) is 3.29. The van der Waals surface area contributed by atoms with Crippen LogP contribution in [-0.4, -0.2) is 49.7 Å². The van der Waals surface area contributed by atoms with Gasteiger partial charge in [-0.2, -0.15) is 0 Å². The number of nitrogens with one attached hydrogen (secondary N) is 2. The normalized spacial score (nSPS) is 11.5. The number of ether oxygens (including phenoxy) is 1. The van der Waals surface area contributed by atoms with Gasteiger partial charge in [0.25, 0.3) is 0 Å². The third-order valence-electron chi connectivity index (χ3n) is 6.71. The lowest BCUT2D eigenvalue weighted by Crippen LogP contribution is -2.32. The Hall–Kier alpha value is -3.14. The number of carbonyl (C=O) groups is 2. The Balaban J connectivity index is 1.35. The molecule has 41 heavy (non-hydrogen) atoms. The number of aryl methyl sites for hydroxylation is 3. The highest BCUT2D eigenvalue weighted by atomic mass is 79.9. The molecule has 0 aliphatic carbocycles. The Bertz CT molecular complexity index is 1640. The second kappa shape index (κ2) is 13.7. The predicted octanol–water partition coefficient (Wildman–Crippen LogP) is 6.17. The molecule has 0 aliphatic heterocycles. The van der Waals surface area contributed by atoms with E-state index in [9.17, 15) is 18.0 Å². The summed E-state index contributed by atoms with van der Waals surface area (Å²) < 4.78 is 32.4. The molecule has 0 spiro atoms. The Morgan fingerprint density at radius 3 is 2.41 bits per heavy atom. The number of amides is 1. The van der Waals surface area contributed by atoms with Crippen molar-refractivity contribution >= 4 is 60.0 Å². The monoisotopic (exact) mass is 658 g/mol. The van der Waals surface area contributed by atoms with Gasteiger partial charge in [-0.3, -0.25) is 9.59 Å². The number of para-hydroxylation sites is 1. The fourth-order valence-electron chi connectivity index (χ4n) is 4.67. The molecule has 0 saturated carbocycles. The van der Waals surface area contributed by atoms with Crippen molar-refractivity contribution in [3.05, 3.63) is 98.1 Å². The number of aromatic nitrogens is 1. The molecule has 4 rings (SSSR count). The third-order valence-corrected chi connectivity index (χ3v) is 9.36. The van der Waals surface area contributed by atoms with Gasteiger partial charge in [0.15, 0.2) is 15.6 Å². The third kappa shape index (κ3) is 8.44. The summed E-state index contributed by atoms with van der Waals surface area (Å²) in [7, 11) is -3.76. The lowest BCUT2D eigenvalue weighted by atomic mass is 10.0. The number of hydrogen-bond acceptors (Lipinski definition) is 5. The van der Waals surface area contributed by atoms with Crippen LogP contribution in [0, 0.1) is 13.8 Å². The van der Waals surface area contributed by atoms with Crippen LogP contribution in [-0.2, 0) is 27.5 Å². The molecule has 0 aliphatic rings. The van der Waals surface area contributed by atoms with Gasteiger partial charge in [0.1, 0.15) is 11.5 Å². The number of aromatic amines is 1. The summed E-state index contributed by atoms with van der Waals surface area (Å²) in [6.45, 7) is 4.22. The quantitative estimate of drug-likeness (QED) is 0.132. The zero-order chi connectivity index (χ0) is 29.6. The molecule has 0 atom stereocenters. The van der Waals surface area contributed by atoms with E-state index in [1.54, 1.807) is 0 Å². The van der Waals surface area contributed by atoms with E-state index < -0.39 is 21.4 Å². The summed E-state index contributed by atoms with van der Waals surface area (Å²) in [4.78, 5) is 28.6. The standard InChI is InChI=1S/C31H32BrClN2O5S/c1-20-16-24(17-21(2)30(20)33)40-14-5-7-26-25-6-3-4-8-27(25)35-31(26)28(36)19-41(38,39)15-13-34-29(37)18-22-9-11-23(32)12-10-22/h3-4,6,8-12,16-17,35H,5,7,13-15,18-19H2,1-2H3,(H,34,37). The van der Waals surface area contributed by atoms with Crippen LogP contribution >= 0.6 is 27.5 Å². The number of ketones is 1. The highest BCUT2D eigenvalue weighted by Crippen LogP contribution is 2.27. The number of hydrogen-bond donors (Lipinski definition) is 2. The zero-order valence-electron chi connectivity index (χ0n) is 22.9. The SMILES string of the molecule is Cc1cc(OCCCc2c(C(=O)CS(=O)(=O)CCNC(=O)Cc3ccc(Br)cc3)[nH]c3ccccc23)cc(C)c1Cl. The van der Waals surface area contributed by atoms with E-state index in [2.05, 4.69) is 26.2 Å². The van der Waals surface area contributed by atoms with Crippen molar-refractivity contribution in [1.29, 1.82) is 0 Å². The number of fused-ring (bicyclic) bond motifs is 1. The lowest BCUT2D eigenvalue weighted by Gasteiger charge is -2.10. The Morgan fingerprint density at radius 1 is 1.02 bits per heavy atom. The molecule has 1 heterocycles. The number of rotatable bonds is 13. The first-order valence-corrected chi connectivity index (χ1v) is 16.3. The predicted molar refractivity (Wildman–Crippen MR) is 167 cm³/mol. The van der Waals surface area contributed by atoms with Crippen molar-refractivity contribution in [2.75, 3.05) is 24.7 Å². The Labute approximate surface area is 253 Å². The molecule has 4 aromatic rings. The van der Waals surface area contributed by atoms with E-state index >= 15 is 0 Å². The maximum Gasteiger partial charge on any atom is 0.224 e. The molecule has 216 valence electrons. The van der Waals surface area contributed by atoms with Crippen LogP contribution in [0.1, 0.15) is 39.2 Å². The molecule has 10 heteroatoms. The molecule has 0 fully saturated rings. The summed E-state index contributed by atoms with van der Waals surface area (Å²) in [5, 5.41) is 4.24. The van der Waals surface area contributed by atoms with Gasteiger partial charge in [0, 0.05) is 26.9 Å². The molecule has 1 aromatic heterocycles. The minimum atomic E-state index is -3.76. The van der Waals surface area contributed by atoms with Crippen molar-refractivity contribution in [3.8, 4) is 5.75 Å². The Kier molecular flexibility index (Phi) is 10.3. The number of carbonyl (C=O) groups excluding carboxylic acids is 2. The number of sulfone groups is 1. The van der Waals surface area contributed by atoms with Crippen molar-refractivity contribution in [2.45, 2.75) is 33.1 Å². The molecule has 0 bridgehead atoms. The van der Waals surface area contributed by atoms with Crippen LogP contribution in [0.5, 0.6) is 5.75 Å². The fourth-order valence-corrected chi connectivity index (χ4v) is 6.14. The summed E-state index contributed by atoms with van der Waals surface area (Å²) in [6, 6.07) is 18.6. The first-order valence-electron chi connectivity index (χ1n) is 13.3. The maximum absolute atomic E-state index is 13.2. The van der Waals surface area contributed by atoms with Crippen LogP contribution in [0.2, 0.25) is 5.02 Å². The fraction of sp³-hybridized carbons (Fsp3) is 0.290. The maximum atomic E-state index is 13.2. The molecule has 0 radical (unpaired) electrons. The van der Waals surface area contributed by atoms with Crippen molar-refractivity contribution in [3.63, 3.8) is 0 Å². The number of Topliss-reactive ketones (excluding diaryl/α,β-unsaturated/α-hetero) is 1. The van der Waals surface area contributed by atoms with E-state index in [4.69, 9.17) is 16.3 Å². The van der Waals surface area contributed by atoms with Crippen LogP contribution in [0.15, 0.2) is 65.1 Å². The molecule has 7 nitrogen and oxygen atoms in total. The van der Waals surface area contributed by atoms with Crippen LogP contribution in [0.4, 0.5) is 0 Å². The zero-order valence-corrected chi connectivity index (χ0v) is 26.1. The van der Waals surface area contributed by atoms with Gasteiger partial charge in [0.2, 0.25) is 5.91 Å². The first kappa shape index (κ1) is 30.8. The summed E-state index contributed by atoms with van der Waals surface area (Å²) in [5.41, 5.74) is 4.54. The molecule has 3 aromatic carbocycles. The summed E-state index contributed by atoms with van der Waals surface area (Å²) in [6.07, 6.45) is 1.30. The van der Waals surface area contributed by atoms with Gasteiger partial charge in [-0.1, -0.05) is 57.9 Å². The second-order valence-corrected chi connectivity index (χ2v) is 13.5. The number of benzene rings is 3. The second-order valence-electron chi connectivity index (χ2n) is 10.0. The van der Waals surface area contributed by atoms with Crippen LogP contribution in [0.3, 0.4) is 0 Å². The topological polar surface area (TPSA) is 105 Å². The van der Waals surface area contributed by atoms with Gasteiger partial charge in [-0.05, 0) is 79.3 Å². The molecule has 0 unspecified atom stereocenters. The van der Waals surface area contributed by atoms with Gasteiger partial charge in [-0.25, -0.2) is 8.42 Å². The molecule has 1 amide bonds. The largest absolute Gasteiger partial charge is 0.494 e. The molecular weight excluding hydrogens is 628 g/mol. The summed E-state index contributed by atoms with van der Waals surface area (Å²) >= 11 is 9.60. The van der Waals surface area contributed by atoms with E-state index in [-0.39, 0.29) is 24.6 Å². The minimum absolute atomic E-state index is 0.0640.